The van der Waals surface area contributed by atoms with Crippen molar-refractivity contribution in [2.75, 3.05) is 11.6 Å². The molecule has 0 saturated heterocycles. The average Bonchev–Trinajstić information content (AvgIpc) is 2.56. The summed E-state index contributed by atoms with van der Waals surface area (Å²) in [5.41, 5.74) is 1.97. The lowest BCUT2D eigenvalue weighted by Crippen LogP contribution is -2.18. The molecule has 1 N–H and O–H groups in total. The van der Waals surface area contributed by atoms with Crippen LogP contribution in [0.1, 0.15) is 21.9 Å². The highest BCUT2D eigenvalue weighted by molar-refractivity contribution is 7.99. The molecule has 1 atom stereocenters. The van der Waals surface area contributed by atoms with E-state index in [1.165, 1.54) is 23.9 Å². The molecular formula is C17H13N3OS. The normalized spacial score (nSPS) is 11.0. The minimum Gasteiger partial charge on any atom is -0.325 e. The second kappa shape index (κ2) is 7.31. The van der Waals surface area contributed by atoms with Gasteiger partial charge in [-0.1, -0.05) is 30.3 Å². The van der Waals surface area contributed by atoms with Crippen molar-refractivity contribution in [1.29, 1.82) is 10.5 Å². The topological polar surface area (TPSA) is 76.7 Å². The molecule has 0 aliphatic rings. The lowest BCUT2D eigenvalue weighted by atomic mass is 10.1. The van der Waals surface area contributed by atoms with Crippen molar-refractivity contribution in [2.24, 2.45) is 0 Å². The number of nitrogens with zero attached hydrogens (tertiary/aromatic N) is 2. The second-order valence-corrected chi connectivity index (χ2v) is 5.44. The van der Waals surface area contributed by atoms with Crippen LogP contribution in [0.3, 0.4) is 0 Å². The van der Waals surface area contributed by atoms with Gasteiger partial charge >= 0.3 is 0 Å². The zero-order valence-corrected chi connectivity index (χ0v) is 12.7. The summed E-state index contributed by atoms with van der Waals surface area (Å²) in [4.78, 5) is 12.4. The summed E-state index contributed by atoms with van der Waals surface area (Å²) in [7, 11) is 0. The molecule has 0 saturated carbocycles. The zero-order chi connectivity index (χ0) is 15.9. The van der Waals surface area contributed by atoms with Crippen LogP contribution in [0.5, 0.6) is 0 Å². The third-order valence-electron chi connectivity index (χ3n) is 3.10. The Hall–Kier alpha value is -2.76. The molecule has 0 fully saturated rings. The Kier molecular flexibility index (Phi) is 5.19. The van der Waals surface area contributed by atoms with Gasteiger partial charge in [-0.2, -0.15) is 10.5 Å². The van der Waals surface area contributed by atoms with E-state index in [0.717, 1.165) is 5.56 Å². The number of anilines is 1. The molecule has 1 amide bonds. The third kappa shape index (κ3) is 3.46. The van der Waals surface area contributed by atoms with Crippen LogP contribution >= 0.6 is 11.8 Å². The number of nitriles is 2. The number of benzene rings is 2. The van der Waals surface area contributed by atoms with Crippen LogP contribution in [0, 0.1) is 22.7 Å². The van der Waals surface area contributed by atoms with Crippen LogP contribution in [0.25, 0.3) is 0 Å². The molecule has 0 aliphatic carbocycles. The maximum atomic E-state index is 12.4. The molecule has 0 aromatic heterocycles. The number of nitrogens with one attached hydrogen (secondary N) is 1. The molecule has 2 aromatic rings. The molecule has 4 nitrogen and oxygen atoms in total. The van der Waals surface area contributed by atoms with E-state index in [1.54, 1.807) is 6.07 Å². The first kappa shape index (κ1) is 15.6. The van der Waals surface area contributed by atoms with Crippen molar-refractivity contribution in [1.82, 2.24) is 0 Å². The molecule has 2 rings (SSSR count). The Balaban J connectivity index is 2.22. The highest BCUT2D eigenvalue weighted by Crippen LogP contribution is 2.28. The average molecular weight is 307 g/mol. The van der Waals surface area contributed by atoms with Gasteiger partial charge in [0.05, 0.1) is 11.1 Å². The van der Waals surface area contributed by atoms with Crippen LogP contribution < -0.4 is 5.32 Å². The quantitative estimate of drug-likeness (QED) is 0.938. The van der Waals surface area contributed by atoms with Gasteiger partial charge in [0.1, 0.15) is 17.4 Å². The molecule has 0 spiro atoms. The molecular weight excluding hydrogens is 294 g/mol. The first-order chi connectivity index (χ1) is 10.7. The molecule has 0 radical (unpaired) electrons. The Morgan fingerprint density at radius 3 is 2.36 bits per heavy atom. The number of hydrogen-bond acceptors (Lipinski definition) is 4. The molecule has 5 heteroatoms. The van der Waals surface area contributed by atoms with Crippen molar-refractivity contribution >= 4 is 23.4 Å². The van der Waals surface area contributed by atoms with E-state index >= 15 is 0 Å². The maximum Gasteiger partial charge on any atom is 0.241 e. The molecule has 0 heterocycles. The van der Waals surface area contributed by atoms with Crippen molar-refractivity contribution in [3.63, 3.8) is 0 Å². The first-order valence-corrected chi connectivity index (χ1v) is 7.81. The zero-order valence-electron chi connectivity index (χ0n) is 11.9. The van der Waals surface area contributed by atoms with Crippen molar-refractivity contribution in [2.45, 2.75) is 5.25 Å². The second-order valence-electron chi connectivity index (χ2n) is 4.50. The summed E-state index contributed by atoms with van der Waals surface area (Å²) in [6.45, 7) is 0. The van der Waals surface area contributed by atoms with E-state index in [-0.39, 0.29) is 16.7 Å². The largest absolute Gasteiger partial charge is 0.325 e. The smallest absolute Gasteiger partial charge is 0.241 e. The third-order valence-corrected chi connectivity index (χ3v) is 4.06. The van der Waals surface area contributed by atoms with Crippen LogP contribution in [0.15, 0.2) is 48.5 Å². The van der Waals surface area contributed by atoms with Crippen LogP contribution in [0.2, 0.25) is 0 Å². The molecule has 0 aliphatic heterocycles. The lowest BCUT2D eigenvalue weighted by Gasteiger charge is -2.15. The van der Waals surface area contributed by atoms with Gasteiger partial charge in [0.25, 0.3) is 0 Å². The lowest BCUT2D eigenvalue weighted by molar-refractivity contribution is -0.115. The van der Waals surface area contributed by atoms with Crippen molar-refractivity contribution < 1.29 is 4.79 Å². The summed E-state index contributed by atoms with van der Waals surface area (Å²) in [5, 5.41) is 20.4. The van der Waals surface area contributed by atoms with Gasteiger partial charge in [0, 0.05) is 5.69 Å². The fourth-order valence-electron chi connectivity index (χ4n) is 2.04. The van der Waals surface area contributed by atoms with Gasteiger partial charge in [-0.05, 0) is 30.0 Å². The number of hydrogen-bond donors (Lipinski definition) is 1. The molecule has 0 unspecified atom stereocenters. The minimum absolute atomic E-state index is 0.160. The van der Waals surface area contributed by atoms with E-state index in [2.05, 4.69) is 5.32 Å². The summed E-state index contributed by atoms with van der Waals surface area (Å²) in [6, 6.07) is 18.1. The SMILES string of the molecule is CS[C@H](C(=O)Nc1ccc(C#N)c(C#N)c1)c1ccccc1. The van der Waals surface area contributed by atoms with E-state index in [4.69, 9.17) is 10.5 Å². The van der Waals surface area contributed by atoms with Gasteiger partial charge in [0.2, 0.25) is 5.91 Å². The van der Waals surface area contributed by atoms with Crippen molar-refractivity contribution in [3.8, 4) is 12.1 Å². The van der Waals surface area contributed by atoms with E-state index in [0.29, 0.717) is 11.3 Å². The minimum atomic E-state index is -0.331. The standard InChI is InChI=1S/C17H13N3OS/c1-22-16(12-5-3-2-4-6-12)17(21)20-15-8-7-13(10-18)14(9-15)11-19/h2-9,16H,1H3,(H,20,21)/t16-/m0/s1. The number of amides is 1. The van der Waals surface area contributed by atoms with Gasteiger partial charge in [-0.25, -0.2) is 0 Å². The molecule has 2 aromatic carbocycles. The Morgan fingerprint density at radius 1 is 1.09 bits per heavy atom. The van der Waals surface area contributed by atoms with Crippen LogP contribution in [-0.2, 0) is 4.79 Å². The summed E-state index contributed by atoms with van der Waals surface area (Å²) in [5.74, 6) is -0.160. The Morgan fingerprint density at radius 2 is 1.77 bits per heavy atom. The van der Waals surface area contributed by atoms with Crippen molar-refractivity contribution in [3.05, 3.63) is 65.2 Å². The predicted octanol–water partition coefficient (Wildman–Crippen LogP) is 3.47. The maximum absolute atomic E-state index is 12.4. The Labute approximate surface area is 133 Å². The fraction of sp³-hybridized carbons (Fsp3) is 0.118. The van der Waals surface area contributed by atoms with E-state index < -0.39 is 0 Å². The molecule has 108 valence electrons. The molecule has 22 heavy (non-hydrogen) atoms. The fourth-order valence-corrected chi connectivity index (χ4v) is 2.74. The number of carbonyl (C=O) groups is 1. The first-order valence-electron chi connectivity index (χ1n) is 6.52. The van der Waals surface area contributed by atoms with E-state index in [1.807, 2.05) is 48.7 Å². The summed E-state index contributed by atoms with van der Waals surface area (Å²) >= 11 is 1.44. The summed E-state index contributed by atoms with van der Waals surface area (Å²) < 4.78 is 0. The number of carbonyl (C=O) groups excluding carboxylic acids is 1. The predicted molar refractivity (Wildman–Crippen MR) is 87.2 cm³/mol. The monoisotopic (exact) mass is 307 g/mol. The van der Waals surface area contributed by atoms with Crippen LogP contribution in [-0.4, -0.2) is 12.2 Å². The highest BCUT2D eigenvalue weighted by atomic mass is 32.2. The van der Waals surface area contributed by atoms with Crippen LogP contribution in [0.4, 0.5) is 5.69 Å². The Bertz CT molecular complexity index is 760. The summed E-state index contributed by atoms with van der Waals surface area (Å²) in [6.07, 6.45) is 1.87. The number of thioether (sulfide) groups is 1. The van der Waals surface area contributed by atoms with Gasteiger partial charge < -0.3 is 5.32 Å². The highest BCUT2D eigenvalue weighted by Gasteiger charge is 2.19. The van der Waals surface area contributed by atoms with Gasteiger partial charge in [-0.3, -0.25) is 4.79 Å². The van der Waals surface area contributed by atoms with E-state index in [9.17, 15) is 4.79 Å². The van der Waals surface area contributed by atoms with Gasteiger partial charge in [0.15, 0.2) is 0 Å². The van der Waals surface area contributed by atoms with Gasteiger partial charge in [-0.15, -0.1) is 11.8 Å². The number of rotatable bonds is 4. The molecule has 0 bridgehead atoms.